The fourth-order valence-electron chi connectivity index (χ4n) is 3.29. The number of rotatable bonds is 4. The Kier molecular flexibility index (Phi) is 4.48. The third kappa shape index (κ3) is 3.34. The first-order valence-electron chi connectivity index (χ1n) is 7.28. The van der Waals surface area contributed by atoms with Crippen LogP contribution in [0.2, 0.25) is 0 Å². The van der Waals surface area contributed by atoms with E-state index in [0.29, 0.717) is 18.0 Å². The van der Waals surface area contributed by atoms with Crippen LogP contribution in [0, 0.1) is 12.8 Å². The summed E-state index contributed by atoms with van der Waals surface area (Å²) in [6, 6.07) is 1.15. The van der Waals surface area contributed by atoms with Crippen LogP contribution in [0.3, 0.4) is 0 Å². The summed E-state index contributed by atoms with van der Waals surface area (Å²) in [5, 5.41) is 10.7. The van der Waals surface area contributed by atoms with Crippen molar-refractivity contribution in [3.8, 4) is 0 Å². The molecule has 5 heteroatoms. The molecule has 3 atom stereocenters. The molecule has 1 aromatic rings. The van der Waals surface area contributed by atoms with Gasteiger partial charge in [-0.05, 0) is 25.7 Å². The Morgan fingerprint density at radius 3 is 3.21 bits per heavy atom. The second-order valence-electron chi connectivity index (χ2n) is 5.60. The van der Waals surface area contributed by atoms with E-state index >= 15 is 0 Å². The summed E-state index contributed by atoms with van der Waals surface area (Å²) in [4.78, 5) is 4.52. The smallest absolute Gasteiger partial charge is 0.107 e. The van der Waals surface area contributed by atoms with Gasteiger partial charge in [0.25, 0.3) is 0 Å². The Hall–Kier alpha value is -0.490. The van der Waals surface area contributed by atoms with Gasteiger partial charge in [-0.15, -0.1) is 11.3 Å². The van der Waals surface area contributed by atoms with Crippen molar-refractivity contribution in [2.45, 2.75) is 44.8 Å². The zero-order valence-electron chi connectivity index (χ0n) is 11.5. The van der Waals surface area contributed by atoms with Crippen LogP contribution in [0.4, 0.5) is 0 Å². The summed E-state index contributed by atoms with van der Waals surface area (Å²) < 4.78 is 5.61. The van der Waals surface area contributed by atoms with Crippen molar-refractivity contribution in [1.29, 1.82) is 0 Å². The number of nitrogens with zero attached hydrogens (tertiary/aromatic N) is 1. The fourth-order valence-corrected chi connectivity index (χ4v) is 4.01. The van der Waals surface area contributed by atoms with Gasteiger partial charge >= 0.3 is 0 Å². The van der Waals surface area contributed by atoms with Crippen molar-refractivity contribution < 1.29 is 4.74 Å². The molecule has 1 aliphatic heterocycles. The number of morpholine rings is 1. The van der Waals surface area contributed by atoms with E-state index in [1.807, 2.05) is 0 Å². The Morgan fingerprint density at radius 1 is 1.53 bits per heavy atom. The molecule has 0 aromatic carbocycles. The van der Waals surface area contributed by atoms with Crippen LogP contribution in [-0.2, 0) is 11.3 Å². The molecule has 0 spiro atoms. The zero-order chi connectivity index (χ0) is 13.1. The molecule has 0 amide bonds. The third-order valence-corrected chi connectivity index (χ3v) is 5.19. The number of nitrogens with one attached hydrogen (secondary N) is 2. The van der Waals surface area contributed by atoms with Gasteiger partial charge in [-0.2, -0.15) is 0 Å². The van der Waals surface area contributed by atoms with Gasteiger partial charge in [-0.1, -0.05) is 6.42 Å². The minimum absolute atomic E-state index is 0.534. The zero-order valence-corrected chi connectivity index (χ0v) is 12.3. The van der Waals surface area contributed by atoms with E-state index in [4.69, 9.17) is 4.74 Å². The number of hydrogen-bond donors (Lipinski definition) is 2. The number of aryl methyl sites for hydroxylation is 1. The van der Waals surface area contributed by atoms with Crippen molar-refractivity contribution >= 4 is 11.3 Å². The summed E-state index contributed by atoms with van der Waals surface area (Å²) in [5.74, 6) is 0.710. The molecule has 1 aromatic heterocycles. The highest BCUT2D eigenvalue weighted by Crippen LogP contribution is 2.29. The highest BCUT2D eigenvalue weighted by molar-refractivity contribution is 7.09. The average Bonchev–Trinajstić information content (AvgIpc) is 3.06. The van der Waals surface area contributed by atoms with Gasteiger partial charge in [0.1, 0.15) is 5.01 Å². The van der Waals surface area contributed by atoms with Gasteiger partial charge in [0.2, 0.25) is 0 Å². The summed E-state index contributed by atoms with van der Waals surface area (Å²) >= 11 is 1.76. The Morgan fingerprint density at radius 2 is 2.47 bits per heavy atom. The Balaban J connectivity index is 1.54. The number of aromatic nitrogens is 1. The molecule has 19 heavy (non-hydrogen) atoms. The van der Waals surface area contributed by atoms with Crippen LogP contribution in [0.1, 0.15) is 30.0 Å². The second kappa shape index (κ2) is 6.31. The molecular formula is C14H23N3OS. The van der Waals surface area contributed by atoms with Crippen LogP contribution in [0.5, 0.6) is 0 Å². The van der Waals surface area contributed by atoms with E-state index < -0.39 is 0 Å². The molecule has 1 saturated heterocycles. The number of thiazole rings is 1. The normalized spacial score (nSPS) is 31.7. The van der Waals surface area contributed by atoms with Crippen LogP contribution < -0.4 is 10.6 Å². The molecule has 2 N–H and O–H groups in total. The number of hydrogen-bond acceptors (Lipinski definition) is 5. The molecule has 1 aliphatic carbocycles. The summed E-state index contributed by atoms with van der Waals surface area (Å²) in [5.41, 5.74) is 1.13. The number of ether oxygens (including phenoxy) is 1. The van der Waals surface area contributed by atoms with Gasteiger partial charge in [0, 0.05) is 36.2 Å². The van der Waals surface area contributed by atoms with Crippen molar-refractivity contribution in [3.63, 3.8) is 0 Å². The van der Waals surface area contributed by atoms with E-state index in [2.05, 4.69) is 27.9 Å². The predicted molar refractivity (Wildman–Crippen MR) is 77.4 cm³/mol. The molecule has 0 radical (unpaired) electrons. The van der Waals surface area contributed by atoms with Gasteiger partial charge in [-0.3, -0.25) is 0 Å². The molecule has 3 unspecified atom stereocenters. The molecule has 106 valence electrons. The van der Waals surface area contributed by atoms with E-state index in [1.165, 1.54) is 24.3 Å². The molecule has 1 saturated carbocycles. The average molecular weight is 281 g/mol. The highest BCUT2D eigenvalue weighted by atomic mass is 32.1. The Labute approximate surface area is 119 Å². The van der Waals surface area contributed by atoms with Crippen molar-refractivity contribution in [2.24, 2.45) is 5.92 Å². The lowest BCUT2D eigenvalue weighted by atomic mass is 9.94. The summed E-state index contributed by atoms with van der Waals surface area (Å²) in [6.07, 6.45) is 3.93. The van der Waals surface area contributed by atoms with Crippen molar-refractivity contribution in [1.82, 2.24) is 15.6 Å². The molecular weight excluding hydrogens is 258 g/mol. The van der Waals surface area contributed by atoms with Gasteiger partial charge < -0.3 is 15.4 Å². The van der Waals surface area contributed by atoms with E-state index in [9.17, 15) is 0 Å². The topological polar surface area (TPSA) is 46.2 Å². The minimum Gasteiger partial charge on any atom is -0.379 e. The maximum atomic E-state index is 5.61. The standard InChI is InChI=1S/C14H23N3OS/c1-10-9-19-14(17-10)7-16-12-4-2-3-11(12)13-8-18-6-5-15-13/h9,11-13,15-16H,2-8H2,1H3. The molecule has 2 fully saturated rings. The monoisotopic (exact) mass is 281 g/mol. The first-order valence-corrected chi connectivity index (χ1v) is 8.16. The fraction of sp³-hybridized carbons (Fsp3) is 0.786. The van der Waals surface area contributed by atoms with Gasteiger partial charge in [-0.25, -0.2) is 4.98 Å². The summed E-state index contributed by atoms with van der Waals surface area (Å²) in [7, 11) is 0. The predicted octanol–water partition coefficient (Wildman–Crippen LogP) is 1.70. The van der Waals surface area contributed by atoms with Crippen LogP contribution in [-0.4, -0.2) is 36.8 Å². The van der Waals surface area contributed by atoms with E-state index in [0.717, 1.165) is 32.0 Å². The van der Waals surface area contributed by atoms with E-state index in [1.54, 1.807) is 11.3 Å². The van der Waals surface area contributed by atoms with Crippen LogP contribution >= 0.6 is 11.3 Å². The van der Waals surface area contributed by atoms with Crippen molar-refractivity contribution in [3.05, 3.63) is 16.1 Å². The third-order valence-electron chi connectivity index (χ3n) is 4.22. The summed E-state index contributed by atoms with van der Waals surface area (Å²) in [6.45, 7) is 5.70. The highest BCUT2D eigenvalue weighted by Gasteiger charge is 2.34. The lowest BCUT2D eigenvalue weighted by Gasteiger charge is -2.32. The molecule has 2 heterocycles. The van der Waals surface area contributed by atoms with Gasteiger partial charge in [0.05, 0.1) is 13.2 Å². The molecule has 2 aliphatic rings. The maximum absolute atomic E-state index is 5.61. The largest absolute Gasteiger partial charge is 0.379 e. The van der Waals surface area contributed by atoms with E-state index in [-0.39, 0.29) is 0 Å². The lowest BCUT2D eigenvalue weighted by Crippen LogP contribution is -2.50. The SMILES string of the molecule is Cc1csc(CNC2CCCC2C2COCCN2)n1. The first-order chi connectivity index (χ1) is 9.33. The Bertz CT molecular complexity index is 403. The maximum Gasteiger partial charge on any atom is 0.107 e. The molecule has 4 nitrogen and oxygen atoms in total. The molecule has 0 bridgehead atoms. The lowest BCUT2D eigenvalue weighted by molar-refractivity contribution is 0.0524. The molecule has 3 rings (SSSR count). The second-order valence-corrected chi connectivity index (χ2v) is 6.54. The van der Waals surface area contributed by atoms with Crippen molar-refractivity contribution in [2.75, 3.05) is 19.8 Å². The quantitative estimate of drug-likeness (QED) is 0.882. The van der Waals surface area contributed by atoms with Crippen LogP contribution in [0.25, 0.3) is 0 Å². The van der Waals surface area contributed by atoms with Crippen LogP contribution in [0.15, 0.2) is 5.38 Å². The first kappa shape index (κ1) is 13.5. The minimum atomic E-state index is 0.534. The van der Waals surface area contributed by atoms with Gasteiger partial charge in [0.15, 0.2) is 0 Å².